The SMILES string of the molecule is CCC(C)(C)Cn1c(C(C)C)nc2c1CCNC2. The predicted molar refractivity (Wildman–Crippen MR) is 75.8 cm³/mol. The van der Waals surface area contributed by atoms with Crippen LogP contribution in [0.5, 0.6) is 0 Å². The number of fused-ring (bicyclic) bond motifs is 1. The van der Waals surface area contributed by atoms with Gasteiger partial charge in [-0.1, -0.05) is 34.6 Å². The lowest BCUT2D eigenvalue weighted by atomic mass is 9.90. The largest absolute Gasteiger partial charge is 0.331 e. The van der Waals surface area contributed by atoms with Crippen molar-refractivity contribution in [2.45, 2.75) is 66.5 Å². The molecular formula is C15H27N3. The van der Waals surface area contributed by atoms with Crippen LogP contribution in [0.3, 0.4) is 0 Å². The van der Waals surface area contributed by atoms with E-state index in [1.165, 1.54) is 23.6 Å². The van der Waals surface area contributed by atoms with Crippen LogP contribution in [-0.4, -0.2) is 16.1 Å². The highest BCUT2D eigenvalue weighted by molar-refractivity contribution is 5.22. The smallest absolute Gasteiger partial charge is 0.111 e. The van der Waals surface area contributed by atoms with Crippen molar-refractivity contribution in [2.24, 2.45) is 5.41 Å². The molecule has 0 fully saturated rings. The van der Waals surface area contributed by atoms with Crippen LogP contribution >= 0.6 is 0 Å². The van der Waals surface area contributed by atoms with Crippen LogP contribution in [0.15, 0.2) is 0 Å². The van der Waals surface area contributed by atoms with Crippen molar-refractivity contribution in [3.05, 3.63) is 17.2 Å². The van der Waals surface area contributed by atoms with E-state index < -0.39 is 0 Å². The first-order valence-corrected chi connectivity index (χ1v) is 7.23. The molecule has 3 nitrogen and oxygen atoms in total. The number of imidazole rings is 1. The van der Waals surface area contributed by atoms with Gasteiger partial charge >= 0.3 is 0 Å². The summed E-state index contributed by atoms with van der Waals surface area (Å²) in [5.74, 6) is 1.77. The van der Waals surface area contributed by atoms with E-state index in [2.05, 4.69) is 44.5 Å². The highest BCUT2D eigenvalue weighted by Gasteiger charge is 2.25. The Labute approximate surface area is 111 Å². The van der Waals surface area contributed by atoms with Gasteiger partial charge < -0.3 is 9.88 Å². The molecule has 0 saturated carbocycles. The Kier molecular flexibility index (Phi) is 3.81. The number of hydrogen-bond donors (Lipinski definition) is 1. The van der Waals surface area contributed by atoms with Crippen LogP contribution in [-0.2, 0) is 19.5 Å². The molecule has 0 bridgehead atoms. The fraction of sp³-hybridized carbons (Fsp3) is 0.800. The molecule has 0 saturated heterocycles. The number of nitrogens with zero attached hydrogens (tertiary/aromatic N) is 2. The van der Waals surface area contributed by atoms with Crippen LogP contribution < -0.4 is 5.32 Å². The van der Waals surface area contributed by atoms with Crippen molar-refractivity contribution >= 4 is 0 Å². The summed E-state index contributed by atoms with van der Waals surface area (Å²) in [6, 6.07) is 0. The van der Waals surface area contributed by atoms with E-state index in [-0.39, 0.29) is 0 Å². The van der Waals surface area contributed by atoms with Crippen molar-refractivity contribution in [3.63, 3.8) is 0 Å². The summed E-state index contributed by atoms with van der Waals surface area (Å²) < 4.78 is 2.50. The third-order valence-electron chi connectivity index (χ3n) is 4.08. The Hall–Kier alpha value is -0.830. The van der Waals surface area contributed by atoms with Crippen LogP contribution in [0, 0.1) is 5.41 Å². The van der Waals surface area contributed by atoms with Crippen LogP contribution in [0.25, 0.3) is 0 Å². The minimum Gasteiger partial charge on any atom is -0.331 e. The standard InChI is InChI=1S/C15H27N3/c1-6-15(4,5)10-18-13-7-8-16-9-12(13)17-14(18)11(2)3/h11,16H,6-10H2,1-5H3. The Balaban J connectivity index is 2.39. The van der Waals surface area contributed by atoms with Crippen molar-refractivity contribution in [1.82, 2.24) is 14.9 Å². The highest BCUT2D eigenvalue weighted by Crippen LogP contribution is 2.28. The molecule has 102 valence electrons. The van der Waals surface area contributed by atoms with Gasteiger partial charge in [0.25, 0.3) is 0 Å². The summed E-state index contributed by atoms with van der Waals surface area (Å²) in [5.41, 5.74) is 3.10. The van der Waals surface area contributed by atoms with Crippen LogP contribution in [0.4, 0.5) is 0 Å². The zero-order chi connectivity index (χ0) is 13.3. The van der Waals surface area contributed by atoms with Gasteiger partial charge in [0.15, 0.2) is 0 Å². The Morgan fingerprint density at radius 1 is 1.39 bits per heavy atom. The summed E-state index contributed by atoms with van der Waals surface area (Å²) >= 11 is 0. The lowest BCUT2D eigenvalue weighted by Crippen LogP contribution is -2.27. The Morgan fingerprint density at radius 2 is 2.11 bits per heavy atom. The minimum absolute atomic E-state index is 0.350. The van der Waals surface area contributed by atoms with Gasteiger partial charge in [0.1, 0.15) is 5.82 Å². The zero-order valence-electron chi connectivity index (χ0n) is 12.5. The van der Waals surface area contributed by atoms with Crippen LogP contribution in [0.2, 0.25) is 0 Å². The predicted octanol–water partition coefficient (Wildman–Crippen LogP) is 3.09. The molecule has 3 heteroatoms. The van der Waals surface area contributed by atoms with E-state index in [0.717, 1.165) is 26.1 Å². The molecule has 1 aliphatic rings. The molecule has 0 atom stereocenters. The summed E-state index contributed by atoms with van der Waals surface area (Å²) in [7, 11) is 0. The lowest BCUT2D eigenvalue weighted by molar-refractivity contribution is 0.284. The van der Waals surface area contributed by atoms with Gasteiger partial charge in [0.05, 0.1) is 5.69 Å². The molecule has 1 aromatic heterocycles. The Morgan fingerprint density at radius 3 is 2.72 bits per heavy atom. The maximum atomic E-state index is 4.87. The van der Waals surface area contributed by atoms with Crippen molar-refractivity contribution in [1.29, 1.82) is 0 Å². The summed E-state index contributed by atoms with van der Waals surface area (Å²) in [6.07, 6.45) is 2.32. The van der Waals surface area contributed by atoms with Crippen molar-refractivity contribution < 1.29 is 0 Å². The average molecular weight is 249 g/mol. The molecular weight excluding hydrogens is 222 g/mol. The second kappa shape index (κ2) is 5.04. The van der Waals surface area contributed by atoms with Crippen molar-refractivity contribution in [2.75, 3.05) is 6.54 Å². The van der Waals surface area contributed by atoms with E-state index in [9.17, 15) is 0 Å². The van der Waals surface area contributed by atoms with E-state index >= 15 is 0 Å². The first kappa shape index (κ1) is 13.6. The second-order valence-corrected chi connectivity index (χ2v) is 6.55. The van der Waals surface area contributed by atoms with Gasteiger partial charge in [0.2, 0.25) is 0 Å². The molecule has 18 heavy (non-hydrogen) atoms. The van der Waals surface area contributed by atoms with E-state index in [1.807, 2.05) is 0 Å². The molecule has 0 aromatic carbocycles. The molecule has 0 amide bonds. The van der Waals surface area contributed by atoms with E-state index in [4.69, 9.17) is 4.98 Å². The molecule has 0 aliphatic carbocycles. The number of rotatable bonds is 4. The maximum Gasteiger partial charge on any atom is 0.111 e. The zero-order valence-corrected chi connectivity index (χ0v) is 12.5. The number of nitrogens with one attached hydrogen (secondary N) is 1. The van der Waals surface area contributed by atoms with Gasteiger partial charge in [-0.15, -0.1) is 0 Å². The third-order valence-corrected chi connectivity index (χ3v) is 4.08. The van der Waals surface area contributed by atoms with E-state index in [0.29, 0.717) is 11.3 Å². The summed E-state index contributed by atoms with van der Waals surface area (Å²) in [5, 5.41) is 3.42. The first-order valence-electron chi connectivity index (χ1n) is 7.23. The van der Waals surface area contributed by atoms with Gasteiger partial charge in [-0.3, -0.25) is 0 Å². The lowest BCUT2D eigenvalue weighted by Gasteiger charge is -2.27. The van der Waals surface area contributed by atoms with Gasteiger partial charge in [0, 0.05) is 37.7 Å². The molecule has 1 aliphatic heterocycles. The highest BCUT2D eigenvalue weighted by atomic mass is 15.1. The first-order chi connectivity index (χ1) is 8.44. The average Bonchev–Trinajstić information content (AvgIpc) is 2.68. The monoisotopic (exact) mass is 249 g/mol. The molecule has 0 spiro atoms. The second-order valence-electron chi connectivity index (χ2n) is 6.55. The molecule has 0 radical (unpaired) electrons. The van der Waals surface area contributed by atoms with Gasteiger partial charge in [-0.25, -0.2) is 4.98 Å². The number of hydrogen-bond acceptors (Lipinski definition) is 2. The van der Waals surface area contributed by atoms with Gasteiger partial charge in [-0.2, -0.15) is 0 Å². The third kappa shape index (κ3) is 2.61. The van der Waals surface area contributed by atoms with Gasteiger partial charge in [-0.05, 0) is 11.8 Å². The molecule has 2 heterocycles. The van der Waals surface area contributed by atoms with Crippen LogP contribution in [0.1, 0.15) is 64.2 Å². The fourth-order valence-electron chi connectivity index (χ4n) is 2.55. The molecule has 1 aromatic rings. The topological polar surface area (TPSA) is 29.9 Å². The number of aromatic nitrogens is 2. The summed E-state index contributed by atoms with van der Waals surface area (Å²) in [4.78, 5) is 4.87. The van der Waals surface area contributed by atoms with Crippen molar-refractivity contribution in [3.8, 4) is 0 Å². The molecule has 1 N–H and O–H groups in total. The summed E-state index contributed by atoms with van der Waals surface area (Å²) in [6.45, 7) is 14.6. The molecule has 2 rings (SSSR count). The maximum absolute atomic E-state index is 4.87. The minimum atomic E-state index is 0.350. The van der Waals surface area contributed by atoms with E-state index in [1.54, 1.807) is 0 Å². The normalized spacial score (nSPS) is 16.1. The quantitative estimate of drug-likeness (QED) is 0.888. The molecule has 0 unspecified atom stereocenters. The fourth-order valence-corrected chi connectivity index (χ4v) is 2.55. The Bertz CT molecular complexity index is 416.